The molecule has 0 saturated carbocycles. The Morgan fingerprint density at radius 3 is 2.28 bits per heavy atom. The molecule has 0 unspecified atom stereocenters. The van der Waals surface area contributed by atoms with Crippen molar-refractivity contribution in [2.24, 2.45) is 0 Å². The van der Waals surface area contributed by atoms with Crippen LogP contribution in [0.15, 0.2) is 24.3 Å². The first kappa shape index (κ1) is 13.9. The number of ketones is 2. The number of ether oxygens (including phenoxy) is 1. The van der Waals surface area contributed by atoms with Gasteiger partial charge in [0.15, 0.2) is 5.78 Å². The third-order valence-corrected chi connectivity index (χ3v) is 2.24. The van der Waals surface area contributed by atoms with Crippen LogP contribution in [0.4, 0.5) is 5.69 Å². The molecule has 1 rings (SSSR count). The summed E-state index contributed by atoms with van der Waals surface area (Å²) in [5.41, 5.74) is 1.11. The number of nitrogens with one attached hydrogen (secondary N) is 1. The third-order valence-electron chi connectivity index (χ3n) is 2.24. The number of hydrogen-bond acceptors (Lipinski definition) is 5. The first-order chi connectivity index (χ1) is 8.54. The molecule has 1 aromatic carbocycles. The molecule has 0 saturated heterocycles. The average molecular weight is 249 g/mol. The molecule has 5 nitrogen and oxygen atoms in total. The topological polar surface area (TPSA) is 72.5 Å². The SMILES string of the molecule is CCOC(=O)c1ccc(NCC(=O)C(C)=O)cc1. The number of carbonyl (C=O) groups is 3. The molecule has 18 heavy (non-hydrogen) atoms. The van der Waals surface area contributed by atoms with Crippen molar-refractivity contribution in [3.63, 3.8) is 0 Å². The number of esters is 1. The maximum absolute atomic E-state index is 11.4. The molecule has 1 aromatic rings. The van der Waals surface area contributed by atoms with Crippen LogP contribution in [0, 0.1) is 0 Å². The van der Waals surface area contributed by atoms with Gasteiger partial charge < -0.3 is 10.1 Å². The zero-order chi connectivity index (χ0) is 13.5. The Balaban J connectivity index is 2.58. The second-order valence-electron chi connectivity index (χ2n) is 3.63. The molecular formula is C13H15NO4. The van der Waals surface area contributed by atoms with Gasteiger partial charge in [-0.1, -0.05) is 0 Å². The molecule has 5 heteroatoms. The number of hydrogen-bond donors (Lipinski definition) is 1. The number of rotatable bonds is 6. The summed E-state index contributed by atoms with van der Waals surface area (Å²) >= 11 is 0. The molecule has 1 N–H and O–H groups in total. The highest BCUT2D eigenvalue weighted by Gasteiger charge is 2.08. The average Bonchev–Trinajstić information content (AvgIpc) is 2.36. The number of anilines is 1. The zero-order valence-electron chi connectivity index (χ0n) is 10.4. The van der Waals surface area contributed by atoms with E-state index in [4.69, 9.17) is 4.74 Å². The van der Waals surface area contributed by atoms with Crippen LogP contribution in [-0.4, -0.2) is 30.7 Å². The van der Waals surface area contributed by atoms with E-state index in [0.717, 1.165) is 0 Å². The fourth-order valence-electron chi connectivity index (χ4n) is 1.25. The van der Waals surface area contributed by atoms with E-state index in [9.17, 15) is 14.4 Å². The molecule has 0 heterocycles. The fraction of sp³-hybridized carbons (Fsp3) is 0.308. The summed E-state index contributed by atoms with van der Waals surface area (Å²) in [5, 5.41) is 2.80. The van der Waals surface area contributed by atoms with E-state index in [0.29, 0.717) is 17.9 Å². The van der Waals surface area contributed by atoms with E-state index in [1.54, 1.807) is 31.2 Å². The monoisotopic (exact) mass is 249 g/mol. The molecule has 0 fully saturated rings. The Hall–Kier alpha value is -2.17. The van der Waals surface area contributed by atoms with Crippen molar-refractivity contribution >= 4 is 23.2 Å². The Bertz CT molecular complexity index is 451. The van der Waals surface area contributed by atoms with Gasteiger partial charge in [-0.25, -0.2) is 4.79 Å². The molecule has 0 amide bonds. The van der Waals surface area contributed by atoms with E-state index in [1.165, 1.54) is 6.92 Å². The maximum Gasteiger partial charge on any atom is 0.338 e. The summed E-state index contributed by atoms with van der Waals surface area (Å²) < 4.78 is 4.84. The van der Waals surface area contributed by atoms with Gasteiger partial charge in [0.1, 0.15) is 0 Å². The summed E-state index contributed by atoms with van der Waals surface area (Å²) in [6.07, 6.45) is 0. The van der Waals surface area contributed by atoms with E-state index < -0.39 is 11.6 Å². The van der Waals surface area contributed by atoms with Gasteiger partial charge in [-0.15, -0.1) is 0 Å². The van der Waals surface area contributed by atoms with Gasteiger partial charge in [0.05, 0.1) is 18.7 Å². The molecule has 0 spiro atoms. The van der Waals surface area contributed by atoms with Crippen molar-refractivity contribution < 1.29 is 19.1 Å². The van der Waals surface area contributed by atoms with Gasteiger partial charge in [-0.05, 0) is 31.2 Å². The lowest BCUT2D eigenvalue weighted by Crippen LogP contribution is -2.20. The van der Waals surface area contributed by atoms with Crippen LogP contribution in [0.5, 0.6) is 0 Å². The largest absolute Gasteiger partial charge is 0.462 e. The number of carbonyl (C=O) groups excluding carboxylic acids is 3. The van der Waals surface area contributed by atoms with Crippen molar-refractivity contribution in [1.29, 1.82) is 0 Å². The predicted octanol–water partition coefficient (Wildman–Crippen LogP) is 1.43. The van der Waals surface area contributed by atoms with Gasteiger partial charge >= 0.3 is 5.97 Å². The standard InChI is InChI=1S/C13H15NO4/c1-3-18-13(17)10-4-6-11(7-5-10)14-8-12(16)9(2)15/h4-7,14H,3,8H2,1-2H3. The summed E-state index contributed by atoms with van der Waals surface area (Å²) in [5.74, 6) is -1.35. The second-order valence-corrected chi connectivity index (χ2v) is 3.63. The Labute approximate surface area is 105 Å². The molecule has 0 aromatic heterocycles. The minimum absolute atomic E-state index is 0.0475. The van der Waals surface area contributed by atoms with Crippen molar-refractivity contribution in [2.45, 2.75) is 13.8 Å². The van der Waals surface area contributed by atoms with Crippen LogP contribution in [0.2, 0.25) is 0 Å². The van der Waals surface area contributed by atoms with Crippen LogP contribution < -0.4 is 5.32 Å². The fourth-order valence-corrected chi connectivity index (χ4v) is 1.25. The first-order valence-corrected chi connectivity index (χ1v) is 5.59. The van der Waals surface area contributed by atoms with E-state index in [-0.39, 0.29) is 12.5 Å². The lowest BCUT2D eigenvalue weighted by molar-refractivity contribution is -0.134. The highest BCUT2D eigenvalue weighted by atomic mass is 16.5. The van der Waals surface area contributed by atoms with Gasteiger partial charge in [-0.3, -0.25) is 9.59 Å². The summed E-state index contributed by atoms with van der Waals surface area (Å²) in [6, 6.07) is 6.50. The summed E-state index contributed by atoms with van der Waals surface area (Å²) in [6.45, 7) is 3.25. The normalized spacial score (nSPS) is 9.67. The highest BCUT2D eigenvalue weighted by molar-refractivity contribution is 6.37. The van der Waals surface area contributed by atoms with Crippen LogP contribution in [-0.2, 0) is 14.3 Å². The minimum Gasteiger partial charge on any atom is -0.462 e. The summed E-state index contributed by atoms with van der Waals surface area (Å²) in [7, 11) is 0. The Morgan fingerprint density at radius 2 is 1.78 bits per heavy atom. The van der Waals surface area contributed by atoms with Crippen LogP contribution in [0.1, 0.15) is 24.2 Å². The molecule has 0 aliphatic heterocycles. The molecule has 96 valence electrons. The lowest BCUT2D eigenvalue weighted by atomic mass is 10.2. The minimum atomic E-state index is -0.482. The predicted molar refractivity (Wildman–Crippen MR) is 66.6 cm³/mol. The molecule has 0 atom stereocenters. The van der Waals surface area contributed by atoms with Crippen LogP contribution in [0.25, 0.3) is 0 Å². The van der Waals surface area contributed by atoms with E-state index in [2.05, 4.69) is 5.32 Å². The van der Waals surface area contributed by atoms with Crippen LogP contribution >= 0.6 is 0 Å². The lowest BCUT2D eigenvalue weighted by Gasteiger charge is -2.05. The number of Topliss-reactive ketones (excluding diaryl/α,β-unsaturated/α-hetero) is 2. The quantitative estimate of drug-likeness (QED) is 0.610. The van der Waals surface area contributed by atoms with Gasteiger partial charge in [0, 0.05) is 12.6 Å². The molecule has 0 bridgehead atoms. The smallest absolute Gasteiger partial charge is 0.338 e. The molecule has 0 aliphatic rings. The van der Waals surface area contributed by atoms with E-state index >= 15 is 0 Å². The maximum atomic E-state index is 11.4. The highest BCUT2D eigenvalue weighted by Crippen LogP contribution is 2.10. The zero-order valence-corrected chi connectivity index (χ0v) is 10.4. The Kier molecular flexibility index (Phi) is 5.05. The first-order valence-electron chi connectivity index (χ1n) is 5.59. The van der Waals surface area contributed by atoms with Crippen molar-refractivity contribution in [3.05, 3.63) is 29.8 Å². The molecular weight excluding hydrogens is 234 g/mol. The molecule has 0 radical (unpaired) electrons. The second kappa shape index (κ2) is 6.54. The van der Waals surface area contributed by atoms with Crippen molar-refractivity contribution in [2.75, 3.05) is 18.5 Å². The van der Waals surface area contributed by atoms with Crippen LogP contribution in [0.3, 0.4) is 0 Å². The van der Waals surface area contributed by atoms with Crippen molar-refractivity contribution in [1.82, 2.24) is 0 Å². The Morgan fingerprint density at radius 1 is 1.17 bits per heavy atom. The number of benzene rings is 1. The molecule has 0 aliphatic carbocycles. The van der Waals surface area contributed by atoms with E-state index in [1.807, 2.05) is 0 Å². The van der Waals surface area contributed by atoms with Gasteiger partial charge in [0.25, 0.3) is 0 Å². The van der Waals surface area contributed by atoms with Crippen molar-refractivity contribution in [3.8, 4) is 0 Å². The summed E-state index contributed by atoms with van der Waals surface area (Å²) in [4.78, 5) is 33.2. The van der Waals surface area contributed by atoms with Gasteiger partial charge in [0.2, 0.25) is 5.78 Å². The third kappa shape index (κ3) is 4.01. The van der Waals surface area contributed by atoms with Gasteiger partial charge in [-0.2, -0.15) is 0 Å².